The van der Waals surface area contributed by atoms with Crippen molar-refractivity contribution in [2.45, 2.75) is 51.6 Å². The number of fused-ring (bicyclic) bond motifs is 1. The van der Waals surface area contributed by atoms with Crippen LogP contribution in [0.25, 0.3) is 5.65 Å². The van der Waals surface area contributed by atoms with Crippen LogP contribution < -0.4 is 5.32 Å². The van der Waals surface area contributed by atoms with Crippen LogP contribution in [-0.2, 0) is 6.54 Å². The highest BCUT2D eigenvalue weighted by atomic mass is 16.3. The summed E-state index contributed by atoms with van der Waals surface area (Å²) in [6.07, 6.45) is 6.64. The largest absolute Gasteiger partial charge is 0.394 e. The Morgan fingerprint density at radius 2 is 2.33 bits per heavy atom. The summed E-state index contributed by atoms with van der Waals surface area (Å²) in [6.45, 7) is 5.31. The quantitative estimate of drug-likeness (QED) is 0.909. The van der Waals surface area contributed by atoms with Gasteiger partial charge in [0, 0.05) is 18.3 Å². The number of rotatable bonds is 4. The number of aliphatic hydroxyl groups excluding tert-OH is 1. The third-order valence-corrected chi connectivity index (χ3v) is 4.85. The van der Waals surface area contributed by atoms with E-state index in [4.69, 9.17) is 0 Å². The Balaban J connectivity index is 1.80. The summed E-state index contributed by atoms with van der Waals surface area (Å²) < 4.78 is 2.14. The molecule has 3 rings (SSSR count). The summed E-state index contributed by atoms with van der Waals surface area (Å²) in [5.74, 6) is 0.682. The zero-order valence-electron chi connectivity index (χ0n) is 13.0. The van der Waals surface area contributed by atoms with Crippen molar-refractivity contribution in [3.8, 4) is 0 Å². The van der Waals surface area contributed by atoms with Gasteiger partial charge < -0.3 is 14.8 Å². The van der Waals surface area contributed by atoms with E-state index in [9.17, 15) is 5.11 Å². The van der Waals surface area contributed by atoms with Gasteiger partial charge in [0.25, 0.3) is 0 Å². The minimum Gasteiger partial charge on any atom is -0.394 e. The number of hydrogen-bond acceptors (Lipinski definition) is 3. The number of nitrogens with zero attached hydrogens (tertiary/aromatic N) is 2. The van der Waals surface area contributed by atoms with E-state index >= 15 is 0 Å². The van der Waals surface area contributed by atoms with E-state index in [1.165, 1.54) is 18.5 Å². The molecule has 21 heavy (non-hydrogen) atoms. The first-order chi connectivity index (χ1) is 10.1. The number of nitrogens with one attached hydrogen (secondary N) is 1. The maximum Gasteiger partial charge on any atom is 0.137 e. The molecule has 4 heteroatoms. The van der Waals surface area contributed by atoms with E-state index in [1.807, 2.05) is 18.2 Å². The van der Waals surface area contributed by atoms with Gasteiger partial charge in [-0.05, 0) is 37.8 Å². The zero-order chi connectivity index (χ0) is 14.9. The Morgan fingerprint density at radius 1 is 1.48 bits per heavy atom. The molecule has 2 aromatic rings. The molecule has 114 valence electrons. The van der Waals surface area contributed by atoms with Gasteiger partial charge in [0.1, 0.15) is 5.65 Å². The second-order valence-corrected chi connectivity index (χ2v) is 6.57. The molecule has 0 aromatic carbocycles. The van der Waals surface area contributed by atoms with Crippen molar-refractivity contribution in [1.29, 1.82) is 0 Å². The third kappa shape index (κ3) is 2.83. The van der Waals surface area contributed by atoms with Crippen LogP contribution in [-0.4, -0.2) is 26.6 Å². The first kappa shape index (κ1) is 14.5. The van der Waals surface area contributed by atoms with Crippen molar-refractivity contribution in [2.24, 2.45) is 5.92 Å². The molecule has 1 aliphatic rings. The Kier molecular flexibility index (Phi) is 4.00. The molecular formula is C17H25N3O. The SMILES string of the molecule is Cc1nc2ccccn2c1CNC1(CO)CCCC(C)C1. The number of imidazole rings is 1. The summed E-state index contributed by atoms with van der Waals surface area (Å²) in [5, 5.41) is 13.5. The van der Waals surface area contributed by atoms with Crippen LogP contribution in [0.2, 0.25) is 0 Å². The smallest absolute Gasteiger partial charge is 0.137 e. The molecular weight excluding hydrogens is 262 g/mol. The lowest BCUT2D eigenvalue weighted by atomic mass is 9.77. The van der Waals surface area contributed by atoms with E-state index < -0.39 is 0 Å². The molecule has 0 saturated heterocycles. The van der Waals surface area contributed by atoms with Crippen LogP contribution in [0.3, 0.4) is 0 Å². The molecule has 2 unspecified atom stereocenters. The molecule has 0 spiro atoms. The Labute approximate surface area is 126 Å². The van der Waals surface area contributed by atoms with Gasteiger partial charge in [-0.25, -0.2) is 4.98 Å². The van der Waals surface area contributed by atoms with Gasteiger partial charge in [-0.15, -0.1) is 0 Å². The van der Waals surface area contributed by atoms with Gasteiger partial charge in [0.2, 0.25) is 0 Å². The van der Waals surface area contributed by atoms with Crippen LogP contribution in [0.1, 0.15) is 44.0 Å². The van der Waals surface area contributed by atoms with E-state index in [0.29, 0.717) is 5.92 Å². The molecule has 1 aliphatic carbocycles. The van der Waals surface area contributed by atoms with E-state index in [-0.39, 0.29) is 12.1 Å². The first-order valence-corrected chi connectivity index (χ1v) is 7.92. The molecule has 2 atom stereocenters. The maximum atomic E-state index is 9.89. The molecule has 4 nitrogen and oxygen atoms in total. The molecule has 1 saturated carbocycles. The summed E-state index contributed by atoms with van der Waals surface area (Å²) in [7, 11) is 0. The van der Waals surface area contributed by atoms with Gasteiger partial charge in [-0.3, -0.25) is 0 Å². The Bertz CT molecular complexity index is 622. The van der Waals surface area contributed by atoms with Crippen LogP contribution in [0.15, 0.2) is 24.4 Å². The molecule has 0 aliphatic heterocycles. The van der Waals surface area contributed by atoms with Crippen molar-refractivity contribution in [2.75, 3.05) is 6.61 Å². The van der Waals surface area contributed by atoms with Crippen molar-refractivity contribution < 1.29 is 5.11 Å². The van der Waals surface area contributed by atoms with Crippen LogP contribution in [0, 0.1) is 12.8 Å². The molecule has 1 fully saturated rings. The number of aromatic nitrogens is 2. The zero-order valence-corrected chi connectivity index (χ0v) is 13.0. The molecule has 2 heterocycles. The number of aliphatic hydroxyl groups is 1. The van der Waals surface area contributed by atoms with Crippen molar-refractivity contribution in [3.05, 3.63) is 35.8 Å². The summed E-state index contributed by atoms with van der Waals surface area (Å²) >= 11 is 0. The van der Waals surface area contributed by atoms with Gasteiger partial charge in [-0.1, -0.05) is 25.8 Å². The second-order valence-electron chi connectivity index (χ2n) is 6.57. The monoisotopic (exact) mass is 287 g/mol. The lowest BCUT2D eigenvalue weighted by Crippen LogP contribution is -2.51. The fourth-order valence-electron chi connectivity index (χ4n) is 3.67. The van der Waals surface area contributed by atoms with Crippen LogP contribution in [0.4, 0.5) is 0 Å². The van der Waals surface area contributed by atoms with Crippen molar-refractivity contribution in [3.63, 3.8) is 0 Å². The summed E-state index contributed by atoms with van der Waals surface area (Å²) in [6, 6.07) is 6.07. The predicted octanol–water partition coefficient (Wildman–Crippen LogP) is 2.67. The maximum absolute atomic E-state index is 9.89. The summed E-state index contributed by atoms with van der Waals surface area (Å²) in [5.41, 5.74) is 3.12. The minimum atomic E-state index is -0.122. The van der Waals surface area contributed by atoms with Gasteiger partial charge in [0.15, 0.2) is 0 Å². The number of hydrogen-bond donors (Lipinski definition) is 2. The van der Waals surface area contributed by atoms with Crippen LogP contribution >= 0.6 is 0 Å². The number of pyridine rings is 1. The highest BCUT2D eigenvalue weighted by Gasteiger charge is 2.34. The highest BCUT2D eigenvalue weighted by molar-refractivity contribution is 5.42. The molecule has 2 N–H and O–H groups in total. The fraction of sp³-hybridized carbons (Fsp3) is 0.588. The Hall–Kier alpha value is -1.39. The van der Waals surface area contributed by atoms with Crippen molar-refractivity contribution >= 4 is 5.65 Å². The van der Waals surface area contributed by atoms with Gasteiger partial charge in [0.05, 0.1) is 18.0 Å². The minimum absolute atomic E-state index is 0.122. The van der Waals surface area contributed by atoms with E-state index in [2.05, 4.69) is 34.7 Å². The lowest BCUT2D eigenvalue weighted by Gasteiger charge is -2.39. The molecule has 0 bridgehead atoms. The van der Waals surface area contributed by atoms with Crippen LogP contribution in [0.5, 0.6) is 0 Å². The predicted molar refractivity (Wildman–Crippen MR) is 84.2 cm³/mol. The third-order valence-electron chi connectivity index (χ3n) is 4.85. The highest BCUT2D eigenvalue weighted by Crippen LogP contribution is 2.32. The summed E-state index contributed by atoms with van der Waals surface area (Å²) in [4.78, 5) is 4.60. The molecule has 0 radical (unpaired) electrons. The fourth-order valence-corrected chi connectivity index (χ4v) is 3.67. The molecule has 0 amide bonds. The van der Waals surface area contributed by atoms with E-state index in [1.54, 1.807) is 0 Å². The second kappa shape index (κ2) is 5.78. The lowest BCUT2D eigenvalue weighted by molar-refractivity contribution is 0.0978. The van der Waals surface area contributed by atoms with Crippen molar-refractivity contribution in [1.82, 2.24) is 14.7 Å². The normalized spacial score (nSPS) is 26.3. The average Bonchev–Trinajstić information content (AvgIpc) is 2.81. The topological polar surface area (TPSA) is 49.6 Å². The van der Waals surface area contributed by atoms with E-state index in [0.717, 1.165) is 30.7 Å². The first-order valence-electron chi connectivity index (χ1n) is 7.92. The molecule has 2 aromatic heterocycles. The van der Waals surface area contributed by atoms with Gasteiger partial charge >= 0.3 is 0 Å². The number of aryl methyl sites for hydroxylation is 1. The van der Waals surface area contributed by atoms with Gasteiger partial charge in [-0.2, -0.15) is 0 Å². The Morgan fingerprint density at radius 3 is 3.10 bits per heavy atom. The average molecular weight is 287 g/mol. The standard InChI is InChI=1S/C17H25N3O/c1-13-6-5-8-17(10-13,12-21)18-11-15-14(2)19-16-7-3-4-9-20(15)16/h3-4,7,9,13,18,21H,5-6,8,10-12H2,1-2H3.